The predicted molar refractivity (Wildman–Crippen MR) is 48.6 cm³/mol. The maximum absolute atomic E-state index is 5.67. The second-order valence-corrected chi connectivity index (χ2v) is 3.09. The smallest absolute Gasteiger partial charge is 0.0800 e. The molecule has 0 fully saturated rings. The first-order valence-corrected chi connectivity index (χ1v) is 4.50. The first kappa shape index (κ1) is 10.9. The zero-order valence-corrected chi connectivity index (χ0v) is 8.02. The fraction of sp³-hybridized carbons (Fsp3) is 1.00. The molecule has 2 heteroatoms. The lowest BCUT2D eigenvalue weighted by atomic mass is 9.93. The molecule has 0 amide bonds. The van der Waals surface area contributed by atoms with E-state index in [0.29, 0.717) is 6.54 Å². The number of hydrogen-bond donors (Lipinski definition) is 1. The van der Waals surface area contributed by atoms with Crippen molar-refractivity contribution in [1.29, 1.82) is 0 Å². The van der Waals surface area contributed by atoms with Crippen LogP contribution in [0.3, 0.4) is 0 Å². The highest BCUT2D eigenvalue weighted by Crippen LogP contribution is 2.21. The maximum Gasteiger partial charge on any atom is 0.0800 e. The van der Waals surface area contributed by atoms with E-state index in [1.807, 2.05) is 0 Å². The summed E-state index contributed by atoms with van der Waals surface area (Å²) < 4.78 is 5.44. The summed E-state index contributed by atoms with van der Waals surface area (Å²) in [4.78, 5) is 0. The van der Waals surface area contributed by atoms with Crippen LogP contribution >= 0.6 is 0 Å². The van der Waals surface area contributed by atoms with Crippen LogP contribution in [0.4, 0.5) is 0 Å². The summed E-state index contributed by atoms with van der Waals surface area (Å²) in [5.41, 5.74) is 5.63. The van der Waals surface area contributed by atoms with Crippen LogP contribution in [0.2, 0.25) is 0 Å². The topological polar surface area (TPSA) is 35.2 Å². The van der Waals surface area contributed by atoms with E-state index in [0.717, 1.165) is 25.7 Å². The van der Waals surface area contributed by atoms with E-state index in [-0.39, 0.29) is 5.60 Å². The minimum absolute atomic E-state index is 0.0382. The number of hydrogen-bond acceptors (Lipinski definition) is 2. The molecule has 0 unspecified atom stereocenters. The Kier molecular flexibility index (Phi) is 5.51. The van der Waals surface area contributed by atoms with Crippen LogP contribution in [0.25, 0.3) is 0 Å². The highest BCUT2D eigenvalue weighted by Gasteiger charge is 2.25. The molecular weight excluding hydrogens is 138 g/mol. The van der Waals surface area contributed by atoms with E-state index < -0.39 is 0 Å². The zero-order chi connectivity index (χ0) is 8.74. The van der Waals surface area contributed by atoms with Crippen molar-refractivity contribution in [1.82, 2.24) is 0 Å². The van der Waals surface area contributed by atoms with E-state index in [2.05, 4.69) is 13.8 Å². The normalized spacial score (nSPS) is 12.0. The molecule has 0 rings (SSSR count). The fourth-order valence-corrected chi connectivity index (χ4v) is 1.53. The van der Waals surface area contributed by atoms with Crippen molar-refractivity contribution in [2.45, 2.75) is 45.1 Å². The Hall–Kier alpha value is -0.0800. The van der Waals surface area contributed by atoms with Crippen LogP contribution in [-0.2, 0) is 4.74 Å². The molecule has 0 aliphatic rings. The minimum atomic E-state index is -0.0382. The van der Waals surface area contributed by atoms with Gasteiger partial charge >= 0.3 is 0 Å². The van der Waals surface area contributed by atoms with Crippen molar-refractivity contribution in [2.75, 3.05) is 13.7 Å². The number of rotatable bonds is 6. The van der Waals surface area contributed by atoms with Crippen LogP contribution < -0.4 is 5.73 Å². The van der Waals surface area contributed by atoms with Crippen LogP contribution in [0.15, 0.2) is 0 Å². The molecule has 0 spiro atoms. The van der Waals surface area contributed by atoms with Gasteiger partial charge in [0.25, 0.3) is 0 Å². The average Bonchev–Trinajstić information content (AvgIpc) is 2.04. The summed E-state index contributed by atoms with van der Waals surface area (Å²) in [5, 5.41) is 0. The Morgan fingerprint density at radius 2 is 1.64 bits per heavy atom. The van der Waals surface area contributed by atoms with Crippen molar-refractivity contribution in [3.05, 3.63) is 0 Å². The molecule has 0 atom stereocenters. The number of ether oxygens (including phenoxy) is 1. The third-order valence-corrected chi connectivity index (χ3v) is 2.22. The highest BCUT2D eigenvalue weighted by atomic mass is 16.5. The molecule has 0 aliphatic heterocycles. The van der Waals surface area contributed by atoms with E-state index in [4.69, 9.17) is 10.5 Å². The van der Waals surface area contributed by atoms with Gasteiger partial charge in [-0.2, -0.15) is 0 Å². The number of methoxy groups -OCH3 is 1. The van der Waals surface area contributed by atoms with Crippen molar-refractivity contribution >= 4 is 0 Å². The van der Waals surface area contributed by atoms with E-state index in [1.165, 1.54) is 0 Å². The standard InChI is InChI=1S/C9H21NO/c1-4-6-9(8-10,11-3)7-5-2/h4-8,10H2,1-3H3. The monoisotopic (exact) mass is 159 g/mol. The molecule has 0 aromatic heterocycles. The molecule has 0 radical (unpaired) electrons. The Labute approximate surface area is 70.1 Å². The third kappa shape index (κ3) is 3.21. The van der Waals surface area contributed by atoms with Gasteiger partial charge in [0.15, 0.2) is 0 Å². The Balaban J connectivity index is 3.96. The summed E-state index contributed by atoms with van der Waals surface area (Å²) in [6.07, 6.45) is 4.44. The van der Waals surface area contributed by atoms with Gasteiger partial charge in [0.05, 0.1) is 5.60 Å². The molecule has 11 heavy (non-hydrogen) atoms. The van der Waals surface area contributed by atoms with Crippen molar-refractivity contribution in [3.63, 3.8) is 0 Å². The van der Waals surface area contributed by atoms with E-state index >= 15 is 0 Å². The van der Waals surface area contributed by atoms with Crippen LogP contribution in [0.1, 0.15) is 39.5 Å². The summed E-state index contributed by atoms with van der Waals surface area (Å²) in [6, 6.07) is 0. The molecule has 0 heterocycles. The van der Waals surface area contributed by atoms with E-state index in [9.17, 15) is 0 Å². The van der Waals surface area contributed by atoms with Gasteiger partial charge < -0.3 is 10.5 Å². The van der Waals surface area contributed by atoms with Gasteiger partial charge in [0, 0.05) is 13.7 Å². The van der Waals surface area contributed by atoms with Gasteiger partial charge in [-0.1, -0.05) is 26.7 Å². The summed E-state index contributed by atoms with van der Waals surface area (Å²) >= 11 is 0. The second kappa shape index (κ2) is 5.56. The lowest BCUT2D eigenvalue weighted by molar-refractivity contribution is -0.0176. The minimum Gasteiger partial charge on any atom is -0.377 e. The Bertz CT molecular complexity index is 81.6. The van der Waals surface area contributed by atoms with Crippen LogP contribution in [0, 0.1) is 0 Å². The first-order valence-electron chi connectivity index (χ1n) is 4.50. The van der Waals surface area contributed by atoms with Gasteiger partial charge in [0.1, 0.15) is 0 Å². The lowest BCUT2D eigenvalue weighted by Gasteiger charge is -2.30. The molecule has 68 valence electrons. The summed E-state index contributed by atoms with van der Waals surface area (Å²) in [6.45, 7) is 4.98. The second-order valence-electron chi connectivity index (χ2n) is 3.09. The highest BCUT2D eigenvalue weighted by molar-refractivity contribution is 4.80. The molecule has 0 aliphatic carbocycles. The van der Waals surface area contributed by atoms with Crippen LogP contribution in [-0.4, -0.2) is 19.3 Å². The lowest BCUT2D eigenvalue weighted by Crippen LogP contribution is -2.39. The molecule has 0 aromatic carbocycles. The Morgan fingerprint density at radius 1 is 1.18 bits per heavy atom. The van der Waals surface area contributed by atoms with E-state index in [1.54, 1.807) is 7.11 Å². The average molecular weight is 159 g/mol. The molecule has 0 bridgehead atoms. The number of nitrogens with two attached hydrogens (primary N) is 1. The fourth-order valence-electron chi connectivity index (χ4n) is 1.53. The van der Waals surface area contributed by atoms with Crippen molar-refractivity contribution in [3.8, 4) is 0 Å². The van der Waals surface area contributed by atoms with Gasteiger partial charge in [-0.25, -0.2) is 0 Å². The van der Waals surface area contributed by atoms with Gasteiger partial charge in [0.2, 0.25) is 0 Å². The SMILES string of the molecule is CCCC(CN)(CCC)OC. The molecule has 2 nitrogen and oxygen atoms in total. The maximum atomic E-state index is 5.67. The molecule has 0 aromatic rings. The molecule has 2 N–H and O–H groups in total. The van der Waals surface area contributed by atoms with Crippen molar-refractivity contribution in [2.24, 2.45) is 5.73 Å². The molecule has 0 saturated carbocycles. The Morgan fingerprint density at radius 3 is 1.82 bits per heavy atom. The van der Waals surface area contributed by atoms with Crippen molar-refractivity contribution < 1.29 is 4.74 Å². The molecule has 0 saturated heterocycles. The van der Waals surface area contributed by atoms with Gasteiger partial charge in [-0.05, 0) is 12.8 Å². The van der Waals surface area contributed by atoms with Gasteiger partial charge in [-0.15, -0.1) is 0 Å². The quantitative estimate of drug-likeness (QED) is 0.642. The summed E-state index contributed by atoms with van der Waals surface area (Å²) in [5.74, 6) is 0. The molecular formula is C9H21NO. The van der Waals surface area contributed by atoms with Crippen LogP contribution in [0.5, 0.6) is 0 Å². The summed E-state index contributed by atoms with van der Waals surface area (Å²) in [7, 11) is 1.76. The van der Waals surface area contributed by atoms with Gasteiger partial charge in [-0.3, -0.25) is 0 Å². The first-order chi connectivity index (χ1) is 5.24. The third-order valence-electron chi connectivity index (χ3n) is 2.22. The predicted octanol–water partition coefficient (Wildman–Crippen LogP) is 1.93. The largest absolute Gasteiger partial charge is 0.377 e. The zero-order valence-electron chi connectivity index (χ0n) is 8.02.